The van der Waals surface area contributed by atoms with E-state index in [2.05, 4.69) is 14.9 Å². The number of aromatic nitrogens is 2. The van der Waals surface area contributed by atoms with E-state index >= 15 is 0 Å². The number of aromatic amines is 1. The highest BCUT2D eigenvalue weighted by molar-refractivity contribution is 7.89. The summed E-state index contributed by atoms with van der Waals surface area (Å²) in [7, 11) is -3.67. The molecule has 0 radical (unpaired) electrons. The fourth-order valence-corrected chi connectivity index (χ4v) is 5.80. The first-order valence-electron chi connectivity index (χ1n) is 8.23. The summed E-state index contributed by atoms with van der Waals surface area (Å²) in [5, 5.41) is 7.05. The zero-order valence-corrected chi connectivity index (χ0v) is 16.1. The van der Waals surface area contributed by atoms with Crippen LogP contribution in [0.5, 0.6) is 0 Å². The van der Waals surface area contributed by atoms with Gasteiger partial charge in [-0.25, -0.2) is 13.1 Å². The minimum atomic E-state index is -3.67. The number of hydrogen-bond donors (Lipinski definition) is 2. The van der Waals surface area contributed by atoms with Gasteiger partial charge in [-0.05, 0) is 32.4 Å². The molecule has 136 valence electrons. The Hall–Kier alpha value is -1.71. The van der Waals surface area contributed by atoms with Crippen molar-refractivity contribution in [3.8, 4) is 10.6 Å². The summed E-state index contributed by atoms with van der Waals surface area (Å²) < 4.78 is 28.2. The second-order valence-electron chi connectivity index (χ2n) is 6.33. The van der Waals surface area contributed by atoms with Gasteiger partial charge in [0.2, 0.25) is 15.9 Å². The van der Waals surface area contributed by atoms with Crippen molar-refractivity contribution in [2.24, 2.45) is 0 Å². The summed E-state index contributed by atoms with van der Waals surface area (Å²) in [5.41, 5.74) is 1.65. The number of hydrogen-bond acceptors (Lipinski definition) is 5. The molecule has 1 fully saturated rings. The average Bonchev–Trinajstić information content (AvgIpc) is 3.20. The quantitative estimate of drug-likeness (QED) is 0.799. The molecule has 0 aromatic carbocycles. The predicted octanol–water partition coefficient (Wildman–Crippen LogP) is 2.04. The van der Waals surface area contributed by atoms with Gasteiger partial charge in [0.1, 0.15) is 5.69 Å². The van der Waals surface area contributed by atoms with Crippen molar-refractivity contribution in [2.75, 3.05) is 13.1 Å². The Bertz CT molecular complexity index is 885. The average molecular weight is 383 g/mol. The second-order valence-corrected chi connectivity index (χ2v) is 9.27. The molecule has 1 aliphatic heterocycles. The van der Waals surface area contributed by atoms with Crippen LogP contribution in [0.15, 0.2) is 17.0 Å². The van der Waals surface area contributed by atoms with E-state index in [0.717, 1.165) is 22.7 Å². The summed E-state index contributed by atoms with van der Waals surface area (Å²) >= 11 is 1.40. The van der Waals surface area contributed by atoms with Gasteiger partial charge >= 0.3 is 0 Å². The summed E-state index contributed by atoms with van der Waals surface area (Å²) in [6, 6.07) is 3.16. The molecule has 1 saturated heterocycles. The van der Waals surface area contributed by atoms with E-state index in [1.54, 1.807) is 17.9 Å². The molecule has 0 unspecified atom stereocenters. The Balaban J connectivity index is 1.79. The number of carbonyl (C=O) groups is 1. The van der Waals surface area contributed by atoms with E-state index < -0.39 is 10.0 Å². The van der Waals surface area contributed by atoms with Crippen LogP contribution in [0, 0.1) is 13.8 Å². The summed E-state index contributed by atoms with van der Waals surface area (Å²) in [5.74, 6) is 0.00396. The molecule has 2 aromatic heterocycles. The zero-order chi connectivity index (χ0) is 18.2. The first-order valence-corrected chi connectivity index (χ1v) is 10.5. The molecular formula is C16H22N4O3S2. The SMILES string of the molecule is CCCN1C[C@H](NS(=O)(=O)c2cc(-c3cc(C)[nH]n3)sc2C)CC1=O. The fourth-order valence-electron chi connectivity index (χ4n) is 3.02. The highest BCUT2D eigenvalue weighted by Crippen LogP contribution is 2.33. The minimum absolute atomic E-state index is 0.00396. The molecule has 1 amide bonds. The van der Waals surface area contributed by atoms with Gasteiger partial charge < -0.3 is 4.90 Å². The van der Waals surface area contributed by atoms with Crippen molar-refractivity contribution in [1.82, 2.24) is 19.8 Å². The maximum absolute atomic E-state index is 12.8. The topological polar surface area (TPSA) is 95.2 Å². The van der Waals surface area contributed by atoms with Crippen LogP contribution in [-0.2, 0) is 14.8 Å². The van der Waals surface area contributed by atoms with E-state index in [1.165, 1.54) is 11.3 Å². The number of carbonyl (C=O) groups excluding carboxylic acids is 1. The lowest BCUT2D eigenvalue weighted by molar-refractivity contribution is -0.127. The van der Waals surface area contributed by atoms with E-state index in [4.69, 9.17) is 0 Å². The number of H-pyrrole nitrogens is 1. The van der Waals surface area contributed by atoms with Crippen molar-refractivity contribution in [3.05, 3.63) is 22.7 Å². The molecular weight excluding hydrogens is 360 g/mol. The molecule has 9 heteroatoms. The molecule has 1 atom stereocenters. The van der Waals surface area contributed by atoms with E-state index in [1.807, 2.05) is 19.9 Å². The highest BCUT2D eigenvalue weighted by Gasteiger charge is 2.33. The molecule has 0 aliphatic carbocycles. The number of rotatable bonds is 6. The number of amides is 1. The fraction of sp³-hybridized carbons (Fsp3) is 0.500. The van der Waals surface area contributed by atoms with Gasteiger partial charge in [-0.2, -0.15) is 5.10 Å². The molecule has 0 saturated carbocycles. The van der Waals surface area contributed by atoms with Crippen molar-refractivity contribution in [2.45, 2.75) is 44.6 Å². The molecule has 1 aliphatic rings. The summed E-state index contributed by atoms with van der Waals surface area (Å²) in [4.78, 5) is 15.4. The Labute approximate surface area is 151 Å². The smallest absolute Gasteiger partial charge is 0.242 e. The van der Waals surface area contributed by atoms with E-state index in [-0.39, 0.29) is 23.3 Å². The van der Waals surface area contributed by atoms with Crippen LogP contribution in [0.2, 0.25) is 0 Å². The van der Waals surface area contributed by atoms with Crippen molar-refractivity contribution < 1.29 is 13.2 Å². The third-order valence-electron chi connectivity index (χ3n) is 4.15. The number of nitrogens with one attached hydrogen (secondary N) is 2. The molecule has 3 heterocycles. The largest absolute Gasteiger partial charge is 0.341 e. The minimum Gasteiger partial charge on any atom is -0.341 e. The summed E-state index contributed by atoms with van der Waals surface area (Å²) in [6.45, 7) is 6.77. The van der Waals surface area contributed by atoms with Crippen LogP contribution in [0.25, 0.3) is 10.6 Å². The first kappa shape index (κ1) is 18.1. The lowest BCUT2D eigenvalue weighted by atomic mass is 10.3. The van der Waals surface area contributed by atoms with Gasteiger partial charge in [-0.15, -0.1) is 11.3 Å². The second kappa shape index (κ2) is 6.89. The number of likely N-dealkylation sites (tertiary alicyclic amines) is 1. The van der Waals surface area contributed by atoms with Gasteiger partial charge in [-0.3, -0.25) is 9.89 Å². The van der Waals surface area contributed by atoms with Gasteiger partial charge in [0.05, 0.1) is 9.77 Å². The van der Waals surface area contributed by atoms with Crippen LogP contribution in [0.1, 0.15) is 30.3 Å². The molecule has 0 spiro atoms. The Morgan fingerprint density at radius 2 is 2.16 bits per heavy atom. The monoisotopic (exact) mass is 382 g/mol. The van der Waals surface area contributed by atoms with Crippen LogP contribution in [-0.4, -0.2) is 48.6 Å². The van der Waals surface area contributed by atoms with Gasteiger partial charge in [0.25, 0.3) is 0 Å². The number of thiophene rings is 1. The normalized spacial score (nSPS) is 18.3. The number of sulfonamides is 1. The third-order valence-corrected chi connectivity index (χ3v) is 7.00. The molecule has 2 N–H and O–H groups in total. The summed E-state index contributed by atoms with van der Waals surface area (Å²) in [6.07, 6.45) is 1.08. The number of nitrogens with zero attached hydrogens (tertiary/aromatic N) is 2. The van der Waals surface area contributed by atoms with Gasteiger partial charge in [0, 0.05) is 36.1 Å². The van der Waals surface area contributed by atoms with Crippen LogP contribution >= 0.6 is 11.3 Å². The van der Waals surface area contributed by atoms with Crippen molar-refractivity contribution in [3.63, 3.8) is 0 Å². The van der Waals surface area contributed by atoms with Crippen LogP contribution < -0.4 is 4.72 Å². The molecule has 2 aromatic rings. The maximum Gasteiger partial charge on any atom is 0.242 e. The van der Waals surface area contributed by atoms with Crippen LogP contribution in [0.4, 0.5) is 0 Å². The van der Waals surface area contributed by atoms with Crippen LogP contribution in [0.3, 0.4) is 0 Å². The lowest BCUT2D eigenvalue weighted by Crippen LogP contribution is -2.37. The molecule has 7 nitrogen and oxygen atoms in total. The highest BCUT2D eigenvalue weighted by atomic mass is 32.2. The van der Waals surface area contributed by atoms with Gasteiger partial charge in [0.15, 0.2) is 0 Å². The van der Waals surface area contributed by atoms with Crippen molar-refractivity contribution >= 4 is 27.3 Å². The number of aryl methyl sites for hydroxylation is 2. The Morgan fingerprint density at radius 1 is 1.40 bits per heavy atom. The van der Waals surface area contributed by atoms with E-state index in [9.17, 15) is 13.2 Å². The standard InChI is InChI=1S/C16H22N4O3S2/c1-4-5-20-9-12(7-16(20)21)19-25(22,23)15-8-14(24-11(15)3)13-6-10(2)17-18-13/h6,8,12,19H,4-5,7,9H2,1-3H3,(H,17,18)/t12-/m1/s1. The molecule has 0 bridgehead atoms. The first-order chi connectivity index (χ1) is 11.8. The Kier molecular flexibility index (Phi) is 4.99. The molecule has 3 rings (SSSR count). The van der Waals surface area contributed by atoms with Crippen molar-refractivity contribution in [1.29, 1.82) is 0 Å². The predicted molar refractivity (Wildman–Crippen MR) is 97.0 cm³/mol. The van der Waals surface area contributed by atoms with Gasteiger partial charge in [-0.1, -0.05) is 6.92 Å². The third kappa shape index (κ3) is 3.78. The zero-order valence-electron chi connectivity index (χ0n) is 14.5. The lowest BCUT2D eigenvalue weighted by Gasteiger charge is -2.16. The van der Waals surface area contributed by atoms with E-state index in [0.29, 0.717) is 18.0 Å². The molecule has 25 heavy (non-hydrogen) atoms. The maximum atomic E-state index is 12.8. The Morgan fingerprint density at radius 3 is 2.80 bits per heavy atom.